The van der Waals surface area contributed by atoms with Crippen LogP contribution in [0.5, 0.6) is 5.75 Å². The smallest absolute Gasteiger partial charge is 0.335 e. The van der Waals surface area contributed by atoms with Crippen LogP contribution in [0.1, 0.15) is 18.4 Å². The molecule has 0 aliphatic heterocycles. The number of benzene rings is 1. The van der Waals surface area contributed by atoms with Gasteiger partial charge in [-0.3, -0.25) is 0 Å². The summed E-state index contributed by atoms with van der Waals surface area (Å²) in [6.45, 7) is 0. The first-order chi connectivity index (χ1) is 8.58. The summed E-state index contributed by atoms with van der Waals surface area (Å²) in [5, 5.41) is 26.4. The van der Waals surface area contributed by atoms with Crippen LogP contribution in [-0.4, -0.2) is 21.9 Å². The molecular weight excluding hydrogens is 230 g/mol. The summed E-state index contributed by atoms with van der Waals surface area (Å²) in [6, 6.07) is 6.73. The molecule has 0 saturated heterocycles. The largest absolute Gasteiger partial charge is 0.507 e. The number of rotatable bonds is 2. The molecule has 4 heteroatoms. The SMILES string of the molecule is N=C1CC=C(C(=O)O)C(=Cc2ccccc2O)C1. The molecule has 1 aliphatic rings. The highest BCUT2D eigenvalue weighted by atomic mass is 16.4. The quantitative estimate of drug-likeness (QED) is 0.746. The fraction of sp³-hybridized carbons (Fsp3) is 0.143. The highest BCUT2D eigenvalue weighted by Crippen LogP contribution is 2.27. The Morgan fingerprint density at radius 1 is 1.33 bits per heavy atom. The number of carboxylic acid groups (broad SMARTS) is 1. The lowest BCUT2D eigenvalue weighted by Crippen LogP contribution is -2.12. The lowest BCUT2D eigenvalue weighted by Gasteiger charge is -2.15. The van der Waals surface area contributed by atoms with Crippen LogP contribution in [0, 0.1) is 5.41 Å². The Kier molecular flexibility index (Phi) is 3.28. The molecule has 0 unspecified atom stereocenters. The van der Waals surface area contributed by atoms with E-state index in [1.165, 1.54) is 0 Å². The van der Waals surface area contributed by atoms with Crippen LogP contribution in [0.15, 0.2) is 41.5 Å². The maximum absolute atomic E-state index is 11.1. The number of nitrogens with one attached hydrogen (secondary N) is 1. The molecule has 18 heavy (non-hydrogen) atoms. The van der Waals surface area contributed by atoms with Gasteiger partial charge in [0.1, 0.15) is 5.75 Å². The summed E-state index contributed by atoms with van der Waals surface area (Å²) in [7, 11) is 0. The maximum Gasteiger partial charge on any atom is 0.335 e. The maximum atomic E-state index is 11.1. The molecule has 0 bridgehead atoms. The van der Waals surface area contributed by atoms with Crippen molar-refractivity contribution in [2.24, 2.45) is 0 Å². The van der Waals surface area contributed by atoms with Gasteiger partial charge in [0.15, 0.2) is 0 Å². The number of carboxylic acids is 1. The molecule has 0 atom stereocenters. The monoisotopic (exact) mass is 243 g/mol. The summed E-state index contributed by atoms with van der Waals surface area (Å²) >= 11 is 0. The predicted molar refractivity (Wildman–Crippen MR) is 68.8 cm³/mol. The third-order valence-corrected chi connectivity index (χ3v) is 2.80. The van der Waals surface area contributed by atoms with Crippen molar-refractivity contribution in [3.05, 3.63) is 47.1 Å². The number of carbonyl (C=O) groups is 1. The van der Waals surface area contributed by atoms with Crippen LogP contribution in [0.3, 0.4) is 0 Å². The van der Waals surface area contributed by atoms with E-state index < -0.39 is 5.97 Å². The van der Waals surface area contributed by atoms with Crippen molar-refractivity contribution in [2.45, 2.75) is 12.8 Å². The second-order valence-corrected chi connectivity index (χ2v) is 4.14. The molecule has 0 amide bonds. The molecule has 0 aromatic heterocycles. The number of aliphatic carboxylic acids is 1. The summed E-state index contributed by atoms with van der Waals surface area (Å²) in [5.41, 5.74) is 1.81. The molecule has 1 aliphatic carbocycles. The van der Waals surface area contributed by atoms with E-state index in [-0.39, 0.29) is 11.3 Å². The average Bonchev–Trinajstić information content (AvgIpc) is 2.32. The molecule has 0 heterocycles. The Hall–Kier alpha value is -2.36. The molecule has 0 spiro atoms. The number of aromatic hydroxyl groups is 1. The minimum absolute atomic E-state index is 0.104. The van der Waals surface area contributed by atoms with Gasteiger partial charge in [-0.15, -0.1) is 0 Å². The first-order valence-corrected chi connectivity index (χ1v) is 5.56. The molecule has 0 saturated carbocycles. The van der Waals surface area contributed by atoms with Crippen LogP contribution in [0.25, 0.3) is 6.08 Å². The minimum atomic E-state index is -0.996. The standard InChI is InChI=1S/C14H13NO3/c15-11-5-6-12(14(17)18)10(8-11)7-9-3-1-2-4-13(9)16/h1-4,6-7,15-16H,5,8H2,(H,17,18). The van der Waals surface area contributed by atoms with Gasteiger partial charge in [0, 0.05) is 24.1 Å². The first kappa shape index (κ1) is 12.1. The number of hydrogen-bond acceptors (Lipinski definition) is 3. The van der Waals surface area contributed by atoms with Crippen LogP contribution in [0.2, 0.25) is 0 Å². The van der Waals surface area contributed by atoms with Crippen molar-refractivity contribution >= 4 is 17.8 Å². The Morgan fingerprint density at radius 3 is 2.72 bits per heavy atom. The van der Waals surface area contributed by atoms with Crippen molar-refractivity contribution in [1.82, 2.24) is 0 Å². The van der Waals surface area contributed by atoms with Crippen LogP contribution >= 0.6 is 0 Å². The summed E-state index contributed by atoms with van der Waals surface area (Å²) in [4.78, 5) is 11.1. The van der Waals surface area contributed by atoms with Crippen LogP contribution in [0.4, 0.5) is 0 Å². The van der Waals surface area contributed by atoms with Gasteiger partial charge < -0.3 is 15.6 Å². The number of allylic oxidation sites excluding steroid dienone is 1. The van der Waals surface area contributed by atoms with Crippen LogP contribution < -0.4 is 0 Å². The molecular formula is C14H13NO3. The minimum Gasteiger partial charge on any atom is -0.507 e. The van der Waals surface area contributed by atoms with Crippen LogP contribution in [-0.2, 0) is 4.79 Å². The van der Waals surface area contributed by atoms with E-state index in [9.17, 15) is 9.90 Å². The molecule has 3 N–H and O–H groups in total. The van der Waals surface area contributed by atoms with Crippen molar-refractivity contribution in [3.63, 3.8) is 0 Å². The fourth-order valence-corrected chi connectivity index (χ4v) is 1.90. The molecule has 2 rings (SSSR count). The average molecular weight is 243 g/mol. The molecule has 4 nitrogen and oxygen atoms in total. The van der Waals surface area contributed by atoms with E-state index in [0.29, 0.717) is 29.7 Å². The number of hydrogen-bond donors (Lipinski definition) is 3. The predicted octanol–water partition coefficient (Wildman–Crippen LogP) is 2.60. The topological polar surface area (TPSA) is 81.4 Å². The van der Waals surface area contributed by atoms with E-state index in [1.807, 2.05) is 0 Å². The van der Waals surface area contributed by atoms with Crippen molar-refractivity contribution in [3.8, 4) is 5.75 Å². The zero-order valence-electron chi connectivity index (χ0n) is 9.68. The summed E-state index contributed by atoms with van der Waals surface area (Å²) < 4.78 is 0. The Balaban J connectivity index is 2.44. The third-order valence-electron chi connectivity index (χ3n) is 2.80. The van der Waals surface area contributed by atoms with Gasteiger partial charge >= 0.3 is 5.97 Å². The Labute approximate surface area is 104 Å². The molecule has 1 aromatic rings. The molecule has 0 radical (unpaired) electrons. The van der Waals surface area contributed by atoms with E-state index in [1.54, 1.807) is 36.4 Å². The lowest BCUT2D eigenvalue weighted by molar-refractivity contribution is -0.132. The second kappa shape index (κ2) is 4.87. The lowest BCUT2D eigenvalue weighted by atomic mass is 9.90. The van der Waals surface area contributed by atoms with Crippen molar-refractivity contribution in [1.29, 1.82) is 5.41 Å². The number of para-hydroxylation sites is 1. The second-order valence-electron chi connectivity index (χ2n) is 4.14. The molecule has 1 aromatic carbocycles. The first-order valence-electron chi connectivity index (χ1n) is 5.56. The zero-order valence-corrected chi connectivity index (χ0v) is 9.68. The van der Waals surface area contributed by atoms with Gasteiger partial charge in [-0.1, -0.05) is 24.3 Å². The summed E-state index contributed by atoms with van der Waals surface area (Å²) in [5.74, 6) is -0.893. The highest BCUT2D eigenvalue weighted by Gasteiger charge is 2.19. The van der Waals surface area contributed by atoms with E-state index >= 15 is 0 Å². The Morgan fingerprint density at radius 2 is 2.06 bits per heavy atom. The normalized spacial score (nSPS) is 17.7. The number of phenolic OH excluding ortho intramolecular Hbond substituents is 1. The van der Waals surface area contributed by atoms with Gasteiger partial charge in [0.25, 0.3) is 0 Å². The van der Waals surface area contributed by atoms with Crippen molar-refractivity contribution in [2.75, 3.05) is 0 Å². The number of phenols is 1. The Bertz CT molecular complexity index is 570. The molecule has 92 valence electrons. The van der Waals surface area contributed by atoms with Crippen molar-refractivity contribution < 1.29 is 15.0 Å². The van der Waals surface area contributed by atoms with E-state index in [2.05, 4.69) is 0 Å². The third kappa shape index (κ3) is 2.48. The van der Waals surface area contributed by atoms with E-state index in [4.69, 9.17) is 10.5 Å². The highest BCUT2D eigenvalue weighted by molar-refractivity contribution is 6.01. The van der Waals surface area contributed by atoms with Gasteiger partial charge in [-0.2, -0.15) is 0 Å². The molecule has 0 fully saturated rings. The van der Waals surface area contributed by atoms with Gasteiger partial charge in [-0.25, -0.2) is 4.79 Å². The fourth-order valence-electron chi connectivity index (χ4n) is 1.90. The van der Waals surface area contributed by atoms with Gasteiger partial charge in [0.2, 0.25) is 0 Å². The van der Waals surface area contributed by atoms with Gasteiger partial charge in [-0.05, 0) is 17.7 Å². The zero-order chi connectivity index (χ0) is 13.1. The van der Waals surface area contributed by atoms with E-state index in [0.717, 1.165) is 0 Å². The van der Waals surface area contributed by atoms with Gasteiger partial charge in [0.05, 0.1) is 5.57 Å². The summed E-state index contributed by atoms with van der Waals surface area (Å²) in [6.07, 6.45) is 3.86.